The van der Waals surface area contributed by atoms with Gasteiger partial charge < -0.3 is 24.0 Å². The van der Waals surface area contributed by atoms with Crippen molar-refractivity contribution in [2.75, 3.05) is 20.0 Å². The number of esters is 2. The summed E-state index contributed by atoms with van der Waals surface area (Å²) in [7, 11) is 2.50. The van der Waals surface area contributed by atoms with E-state index >= 15 is 0 Å². The second kappa shape index (κ2) is 10.6. The molecule has 0 amide bonds. The van der Waals surface area contributed by atoms with Crippen LogP contribution in [0.15, 0.2) is 82.4 Å². The van der Waals surface area contributed by atoms with E-state index in [0.29, 0.717) is 22.4 Å². The standard InChI is InChI=1S/C12H9NO5.C12H11NO3/c1-17-12(14)10-3-2-8(6-11(10)13(15)16)9-4-5-18-7-9;1-15-12(14)10-3-2-8(6-11(10)13)9-4-5-16-7-9/h2-7H,1H3;2-7H,13H2,1H3. The Kier molecular flexibility index (Phi) is 7.45. The maximum absolute atomic E-state index is 11.4. The zero-order valence-electron chi connectivity index (χ0n) is 18.2. The van der Waals surface area contributed by atoms with Crippen LogP contribution in [0.5, 0.6) is 0 Å². The van der Waals surface area contributed by atoms with E-state index in [2.05, 4.69) is 9.47 Å². The number of nitrogen functional groups attached to an aromatic ring is 1. The summed E-state index contributed by atoms with van der Waals surface area (Å²) in [5.41, 5.74) is 9.30. The number of hydrogen-bond donors (Lipinski definition) is 1. The molecule has 34 heavy (non-hydrogen) atoms. The number of methoxy groups -OCH3 is 2. The highest BCUT2D eigenvalue weighted by Crippen LogP contribution is 2.28. The van der Waals surface area contributed by atoms with E-state index in [1.807, 2.05) is 6.07 Å². The fourth-order valence-electron chi connectivity index (χ4n) is 3.04. The van der Waals surface area contributed by atoms with E-state index in [1.54, 1.807) is 42.9 Å². The van der Waals surface area contributed by atoms with Gasteiger partial charge in [-0.2, -0.15) is 0 Å². The first-order chi connectivity index (χ1) is 16.3. The number of carbonyl (C=O) groups excluding carboxylic acids is 2. The first kappa shape index (κ1) is 23.8. The van der Waals surface area contributed by atoms with Crippen LogP contribution >= 0.6 is 0 Å². The average molecular weight is 464 g/mol. The van der Waals surface area contributed by atoms with Gasteiger partial charge in [-0.15, -0.1) is 0 Å². The zero-order chi connectivity index (χ0) is 24.7. The van der Waals surface area contributed by atoms with E-state index < -0.39 is 16.9 Å². The minimum atomic E-state index is -0.736. The molecule has 0 fully saturated rings. The lowest BCUT2D eigenvalue weighted by Gasteiger charge is -2.05. The molecule has 0 unspecified atom stereocenters. The van der Waals surface area contributed by atoms with Crippen molar-refractivity contribution in [2.45, 2.75) is 0 Å². The highest BCUT2D eigenvalue weighted by molar-refractivity contribution is 5.96. The molecule has 4 aromatic rings. The van der Waals surface area contributed by atoms with Crippen LogP contribution < -0.4 is 5.73 Å². The largest absolute Gasteiger partial charge is 0.472 e. The van der Waals surface area contributed by atoms with Crippen molar-refractivity contribution in [3.8, 4) is 22.3 Å². The van der Waals surface area contributed by atoms with Crippen LogP contribution in [0.3, 0.4) is 0 Å². The Balaban J connectivity index is 0.000000192. The lowest BCUT2D eigenvalue weighted by atomic mass is 10.0. The molecule has 0 atom stereocenters. The molecule has 2 aromatic heterocycles. The summed E-state index contributed by atoms with van der Waals surface area (Å²) >= 11 is 0. The molecule has 2 N–H and O–H groups in total. The van der Waals surface area contributed by atoms with Crippen molar-refractivity contribution < 1.29 is 32.8 Å². The second-order valence-electron chi connectivity index (χ2n) is 6.80. The summed E-state index contributed by atoms with van der Waals surface area (Å²) in [4.78, 5) is 33.0. The van der Waals surface area contributed by atoms with Crippen molar-refractivity contribution in [1.29, 1.82) is 0 Å². The van der Waals surface area contributed by atoms with Crippen LogP contribution in [0.2, 0.25) is 0 Å². The molecule has 0 saturated heterocycles. The molecule has 0 spiro atoms. The predicted molar refractivity (Wildman–Crippen MR) is 122 cm³/mol. The molecule has 0 radical (unpaired) electrons. The van der Waals surface area contributed by atoms with Gasteiger partial charge >= 0.3 is 11.9 Å². The summed E-state index contributed by atoms with van der Waals surface area (Å²) in [6.07, 6.45) is 6.14. The SMILES string of the molecule is COC(=O)c1ccc(-c2ccoc2)cc1N.COC(=O)c1ccc(-c2ccoc2)cc1[N+](=O)[O-]. The Morgan fingerprint density at radius 1 is 0.794 bits per heavy atom. The maximum atomic E-state index is 11.4. The van der Waals surface area contributed by atoms with Gasteiger partial charge in [0.25, 0.3) is 5.69 Å². The van der Waals surface area contributed by atoms with Crippen LogP contribution in [-0.4, -0.2) is 31.1 Å². The summed E-state index contributed by atoms with van der Waals surface area (Å²) in [5, 5.41) is 10.9. The fraction of sp³-hybridized carbons (Fsp3) is 0.0833. The Hall–Kier alpha value is -4.86. The Morgan fingerprint density at radius 2 is 1.29 bits per heavy atom. The molecule has 2 heterocycles. The summed E-state index contributed by atoms with van der Waals surface area (Å²) in [5.74, 6) is -1.17. The Bertz CT molecular complexity index is 1290. The van der Waals surface area contributed by atoms with E-state index in [0.717, 1.165) is 11.1 Å². The molecule has 10 nitrogen and oxygen atoms in total. The van der Waals surface area contributed by atoms with Gasteiger partial charge in [0.1, 0.15) is 5.56 Å². The maximum Gasteiger partial charge on any atom is 0.344 e. The number of ether oxygens (including phenoxy) is 2. The van der Waals surface area contributed by atoms with Crippen LogP contribution in [0.25, 0.3) is 22.3 Å². The van der Waals surface area contributed by atoms with Crippen molar-refractivity contribution in [1.82, 2.24) is 0 Å². The van der Waals surface area contributed by atoms with Crippen molar-refractivity contribution in [2.24, 2.45) is 0 Å². The molecule has 174 valence electrons. The Morgan fingerprint density at radius 3 is 1.74 bits per heavy atom. The van der Waals surface area contributed by atoms with Crippen LogP contribution in [0.4, 0.5) is 11.4 Å². The predicted octanol–water partition coefficient (Wildman–Crippen LogP) is 4.96. The fourth-order valence-corrected chi connectivity index (χ4v) is 3.04. The van der Waals surface area contributed by atoms with Gasteiger partial charge in [0, 0.05) is 22.9 Å². The number of nitrogens with two attached hydrogens (primary N) is 1. The normalized spacial score (nSPS) is 10.1. The number of benzene rings is 2. The topological polar surface area (TPSA) is 148 Å². The molecule has 4 rings (SSSR count). The number of nitro groups is 1. The van der Waals surface area contributed by atoms with Crippen LogP contribution in [0, 0.1) is 10.1 Å². The summed E-state index contributed by atoms with van der Waals surface area (Å²) < 4.78 is 19.0. The van der Waals surface area contributed by atoms with Gasteiger partial charge in [0.2, 0.25) is 0 Å². The van der Waals surface area contributed by atoms with Gasteiger partial charge in [-0.1, -0.05) is 12.1 Å². The van der Waals surface area contributed by atoms with Gasteiger partial charge in [-0.3, -0.25) is 10.1 Å². The number of furan rings is 2. The lowest BCUT2D eigenvalue weighted by molar-refractivity contribution is -0.385. The Labute approximate surface area is 193 Å². The summed E-state index contributed by atoms with van der Waals surface area (Å²) in [6, 6.07) is 12.9. The number of nitro benzene ring substituents is 1. The molecule has 0 bridgehead atoms. The van der Waals surface area contributed by atoms with Crippen molar-refractivity contribution in [3.05, 3.63) is 94.8 Å². The number of rotatable bonds is 5. The van der Waals surface area contributed by atoms with Gasteiger partial charge in [-0.05, 0) is 41.5 Å². The highest BCUT2D eigenvalue weighted by atomic mass is 16.6. The highest BCUT2D eigenvalue weighted by Gasteiger charge is 2.21. The van der Waals surface area contributed by atoms with Crippen LogP contribution in [0.1, 0.15) is 20.7 Å². The molecule has 0 saturated carbocycles. The van der Waals surface area contributed by atoms with Gasteiger partial charge in [-0.25, -0.2) is 9.59 Å². The monoisotopic (exact) mass is 464 g/mol. The number of anilines is 1. The number of carbonyl (C=O) groups is 2. The molecule has 10 heteroatoms. The lowest BCUT2D eigenvalue weighted by Crippen LogP contribution is -2.05. The zero-order valence-corrected chi connectivity index (χ0v) is 18.2. The molecule has 0 aliphatic carbocycles. The average Bonchev–Trinajstić information content (AvgIpc) is 3.58. The third-order valence-corrected chi connectivity index (χ3v) is 4.77. The van der Waals surface area contributed by atoms with Gasteiger partial charge in [0.15, 0.2) is 0 Å². The minimum Gasteiger partial charge on any atom is -0.472 e. The van der Waals surface area contributed by atoms with E-state index in [1.165, 1.54) is 38.9 Å². The third-order valence-electron chi connectivity index (χ3n) is 4.77. The number of nitrogens with zero attached hydrogens (tertiary/aromatic N) is 1. The first-order valence-corrected chi connectivity index (χ1v) is 9.75. The third kappa shape index (κ3) is 5.30. The van der Waals surface area contributed by atoms with Gasteiger partial charge in [0.05, 0.1) is 49.8 Å². The van der Waals surface area contributed by atoms with E-state index in [9.17, 15) is 19.7 Å². The molecule has 2 aromatic carbocycles. The minimum absolute atomic E-state index is 0.0743. The molecule has 0 aliphatic rings. The number of hydrogen-bond acceptors (Lipinski definition) is 9. The van der Waals surface area contributed by atoms with Crippen molar-refractivity contribution in [3.63, 3.8) is 0 Å². The molecule has 0 aliphatic heterocycles. The second-order valence-corrected chi connectivity index (χ2v) is 6.80. The van der Waals surface area contributed by atoms with Crippen LogP contribution in [-0.2, 0) is 9.47 Å². The first-order valence-electron chi connectivity index (χ1n) is 9.75. The van der Waals surface area contributed by atoms with Crippen molar-refractivity contribution >= 4 is 23.3 Å². The summed E-state index contributed by atoms with van der Waals surface area (Å²) in [6.45, 7) is 0. The van der Waals surface area contributed by atoms with E-state index in [-0.39, 0.29) is 11.3 Å². The molecular weight excluding hydrogens is 444 g/mol. The molecular formula is C24H20N2O8. The quantitative estimate of drug-likeness (QED) is 0.187. The van der Waals surface area contributed by atoms with E-state index in [4.69, 9.17) is 14.6 Å². The smallest absolute Gasteiger partial charge is 0.344 e.